The Labute approximate surface area is 163 Å². The van der Waals surface area contributed by atoms with Crippen molar-refractivity contribution in [3.05, 3.63) is 35.9 Å². The fraction of sp³-hybridized carbons (Fsp3) is 0.636. The summed E-state index contributed by atoms with van der Waals surface area (Å²) in [5.74, 6) is 0.414. The summed E-state index contributed by atoms with van der Waals surface area (Å²) in [5.41, 5.74) is 1.37. The number of nitrogens with one attached hydrogen (secondary N) is 1. The lowest BCUT2D eigenvalue weighted by Crippen LogP contribution is -2.54. The highest BCUT2D eigenvalue weighted by atomic mass is 16.2. The van der Waals surface area contributed by atoms with Crippen LogP contribution in [0.3, 0.4) is 0 Å². The topological polar surface area (TPSA) is 52.7 Å². The molecule has 5 nitrogen and oxygen atoms in total. The second-order valence-electron chi connectivity index (χ2n) is 8.06. The number of piperidine rings is 2. The number of amides is 2. The Bertz CT molecular complexity index is 638. The van der Waals surface area contributed by atoms with E-state index in [1.54, 1.807) is 0 Å². The molecule has 1 aromatic carbocycles. The highest BCUT2D eigenvalue weighted by Gasteiger charge is 2.45. The predicted octanol–water partition coefficient (Wildman–Crippen LogP) is 2.63. The summed E-state index contributed by atoms with van der Waals surface area (Å²) in [6, 6.07) is 10.3. The Balaban J connectivity index is 1.64. The van der Waals surface area contributed by atoms with E-state index in [0.29, 0.717) is 13.0 Å². The van der Waals surface area contributed by atoms with E-state index in [4.69, 9.17) is 0 Å². The molecule has 1 N–H and O–H groups in total. The summed E-state index contributed by atoms with van der Waals surface area (Å²) in [6.45, 7) is 9.28. The number of carbonyl (C=O) groups is 2. The van der Waals surface area contributed by atoms with Gasteiger partial charge in [0.1, 0.15) is 0 Å². The summed E-state index contributed by atoms with van der Waals surface area (Å²) < 4.78 is 0. The minimum absolute atomic E-state index is 0.0122. The third-order valence-corrected chi connectivity index (χ3v) is 6.30. The fourth-order valence-corrected chi connectivity index (χ4v) is 4.66. The smallest absolute Gasteiger partial charge is 0.230 e. The molecule has 2 heterocycles. The highest BCUT2D eigenvalue weighted by molar-refractivity contribution is 5.84. The summed E-state index contributed by atoms with van der Waals surface area (Å²) in [5, 5.41) is 2.87. The van der Waals surface area contributed by atoms with Crippen LogP contribution in [0.2, 0.25) is 0 Å². The Morgan fingerprint density at radius 2 is 1.89 bits per heavy atom. The van der Waals surface area contributed by atoms with Gasteiger partial charge in [0.05, 0.1) is 5.92 Å². The molecule has 2 aliphatic rings. The van der Waals surface area contributed by atoms with Gasteiger partial charge in [0.25, 0.3) is 0 Å². The van der Waals surface area contributed by atoms with E-state index in [1.165, 1.54) is 0 Å². The first-order chi connectivity index (χ1) is 13.1. The zero-order valence-electron chi connectivity index (χ0n) is 16.7. The van der Waals surface area contributed by atoms with Gasteiger partial charge in [0.15, 0.2) is 0 Å². The van der Waals surface area contributed by atoms with Crippen molar-refractivity contribution < 1.29 is 9.59 Å². The number of hydrogen-bond acceptors (Lipinski definition) is 3. The summed E-state index contributed by atoms with van der Waals surface area (Å²) >= 11 is 0. The molecule has 2 saturated heterocycles. The minimum atomic E-state index is -0.0122. The fourth-order valence-electron chi connectivity index (χ4n) is 4.66. The van der Waals surface area contributed by atoms with Crippen molar-refractivity contribution in [1.29, 1.82) is 0 Å². The van der Waals surface area contributed by atoms with Crippen LogP contribution < -0.4 is 5.32 Å². The van der Waals surface area contributed by atoms with Crippen molar-refractivity contribution in [3.63, 3.8) is 0 Å². The van der Waals surface area contributed by atoms with Gasteiger partial charge in [-0.05, 0) is 57.2 Å². The third-order valence-electron chi connectivity index (χ3n) is 6.30. The number of carbonyl (C=O) groups excluding carboxylic acids is 2. The van der Waals surface area contributed by atoms with Crippen LogP contribution in [0.5, 0.6) is 0 Å². The molecule has 3 rings (SSSR count). The summed E-state index contributed by atoms with van der Waals surface area (Å²) in [4.78, 5) is 29.1. The molecule has 0 aliphatic carbocycles. The van der Waals surface area contributed by atoms with E-state index in [1.807, 2.05) is 25.1 Å². The first-order valence-corrected chi connectivity index (χ1v) is 10.4. The van der Waals surface area contributed by atoms with E-state index in [9.17, 15) is 9.59 Å². The Hall–Kier alpha value is -1.88. The maximum absolute atomic E-state index is 13.0. The molecule has 2 amide bonds. The lowest BCUT2D eigenvalue weighted by atomic mass is 9.67. The van der Waals surface area contributed by atoms with Gasteiger partial charge in [-0.1, -0.05) is 30.3 Å². The van der Waals surface area contributed by atoms with Crippen LogP contribution >= 0.6 is 0 Å². The molecule has 27 heavy (non-hydrogen) atoms. The van der Waals surface area contributed by atoms with E-state index >= 15 is 0 Å². The quantitative estimate of drug-likeness (QED) is 0.836. The lowest BCUT2D eigenvalue weighted by Gasteiger charge is -2.49. The molecule has 0 saturated carbocycles. The van der Waals surface area contributed by atoms with Gasteiger partial charge in [-0.3, -0.25) is 9.59 Å². The SMILES string of the molecule is CCNC(=O)CCN1CCC2(CC1)C[C@@H](c1ccccc1)C(=O)N(CC)C2. The molecule has 148 valence electrons. The maximum atomic E-state index is 13.0. The second kappa shape index (κ2) is 8.87. The van der Waals surface area contributed by atoms with Gasteiger partial charge in [-0.25, -0.2) is 0 Å². The van der Waals surface area contributed by atoms with Crippen LogP contribution in [0.1, 0.15) is 51.0 Å². The van der Waals surface area contributed by atoms with Crippen LogP contribution in [0.15, 0.2) is 30.3 Å². The molecule has 5 heteroatoms. The van der Waals surface area contributed by atoms with Crippen molar-refractivity contribution in [2.45, 2.75) is 45.4 Å². The molecular weight excluding hydrogens is 338 g/mol. The van der Waals surface area contributed by atoms with Crippen LogP contribution in [0.25, 0.3) is 0 Å². The molecule has 0 aromatic heterocycles. The third kappa shape index (κ3) is 4.70. The average Bonchev–Trinajstić information content (AvgIpc) is 2.70. The molecule has 0 bridgehead atoms. The van der Waals surface area contributed by atoms with Crippen molar-refractivity contribution in [3.8, 4) is 0 Å². The predicted molar refractivity (Wildman–Crippen MR) is 107 cm³/mol. The summed E-state index contributed by atoms with van der Waals surface area (Å²) in [6.07, 6.45) is 3.74. The first-order valence-electron chi connectivity index (χ1n) is 10.4. The number of benzene rings is 1. The average molecular weight is 372 g/mol. The number of rotatable bonds is 6. The monoisotopic (exact) mass is 371 g/mol. The Kier molecular flexibility index (Phi) is 6.53. The van der Waals surface area contributed by atoms with E-state index in [0.717, 1.165) is 57.5 Å². The molecule has 0 unspecified atom stereocenters. The molecule has 1 aromatic rings. The zero-order chi connectivity index (χ0) is 19.3. The van der Waals surface area contributed by atoms with Crippen LogP contribution in [-0.2, 0) is 9.59 Å². The molecule has 1 atom stereocenters. The number of likely N-dealkylation sites (N-methyl/N-ethyl adjacent to an activating group) is 1. The minimum Gasteiger partial charge on any atom is -0.356 e. The number of nitrogens with zero attached hydrogens (tertiary/aromatic N) is 2. The van der Waals surface area contributed by atoms with Crippen LogP contribution in [0, 0.1) is 5.41 Å². The maximum Gasteiger partial charge on any atom is 0.230 e. The molecular formula is C22H33N3O2. The van der Waals surface area contributed by atoms with E-state index in [-0.39, 0.29) is 23.1 Å². The van der Waals surface area contributed by atoms with Crippen LogP contribution in [0.4, 0.5) is 0 Å². The molecule has 2 fully saturated rings. The van der Waals surface area contributed by atoms with Crippen molar-refractivity contribution in [1.82, 2.24) is 15.1 Å². The second-order valence-corrected chi connectivity index (χ2v) is 8.06. The van der Waals surface area contributed by atoms with Gasteiger partial charge in [-0.2, -0.15) is 0 Å². The van der Waals surface area contributed by atoms with Gasteiger partial charge in [0.2, 0.25) is 11.8 Å². The Morgan fingerprint density at radius 1 is 1.19 bits per heavy atom. The number of likely N-dealkylation sites (tertiary alicyclic amines) is 2. The molecule has 0 radical (unpaired) electrons. The highest BCUT2D eigenvalue weighted by Crippen LogP contribution is 2.45. The standard InChI is InChI=1S/C22H33N3O2/c1-3-23-20(26)10-13-24-14-11-22(12-15-24)16-19(18-8-6-5-7-9-18)21(27)25(4-2)17-22/h5-9,19H,3-4,10-17H2,1-2H3,(H,23,26)/t19-/m0/s1. The number of hydrogen-bond donors (Lipinski definition) is 1. The van der Waals surface area contributed by atoms with E-state index in [2.05, 4.69) is 34.2 Å². The summed E-state index contributed by atoms with van der Waals surface area (Å²) in [7, 11) is 0. The first kappa shape index (κ1) is 19.9. The van der Waals surface area contributed by atoms with Crippen molar-refractivity contribution in [2.24, 2.45) is 5.41 Å². The van der Waals surface area contributed by atoms with Crippen molar-refractivity contribution >= 4 is 11.8 Å². The lowest BCUT2D eigenvalue weighted by molar-refractivity contribution is -0.141. The normalized spacial score (nSPS) is 22.8. The molecule has 2 aliphatic heterocycles. The van der Waals surface area contributed by atoms with Gasteiger partial charge in [0, 0.05) is 32.6 Å². The van der Waals surface area contributed by atoms with E-state index < -0.39 is 0 Å². The largest absolute Gasteiger partial charge is 0.356 e. The molecule has 1 spiro atoms. The van der Waals surface area contributed by atoms with Crippen molar-refractivity contribution in [2.75, 3.05) is 39.3 Å². The Morgan fingerprint density at radius 3 is 2.52 bits per heavy atom. The van der Waals surface area contributed by atoms with Gasteiger partial charge in [-0.15, -0.1) is 0 Å². The van der Waals surface area contributed by atoms with Gasteiger partial charge < -0.3 is 15.1 Å². The van der Waals surface area contributed by atoms with Gasteiger partial charge >= 0.3 is 0 Å². The zero-order valence-corrected chi connectivity index (χ0v) is 16.7. The van der Waals surface area contributed by atoms with Crippen LogP contribution in [-0.4, -0.2) is 60.9 Å².